The zero-order valence-corrected chi connectivity index (χ0v) is 14.9. The minimum absolute atomic E-state index is 0.0161. The largest absolute Gasteiger partial charge is 0.348 e. The Kier molecular flexibility index (Phi) is 6.10. The van der Waals surface area contributed by atoms with Crippen LogP contribution in [0.15, 0.2) is 30.5 Å². The van der Waals surface area contributed by atoms with Crippen molar-refractivity contribution in [1.82, 2.24) is 9.88 Å². The van der Waals surface area contributed by atoms with Crippen molar-refractivity contribution >= 4 is 16.8 Å². The summed E-state index contributed by atoms with van der Waals surface area (Å²) in [5.74, 6) is 0.501. The molecule has 1 heterocycles. The van der Waals surface area contributed by atoms with Gasteiger partial charge in [-0.15, -0.1) is 0 Å². The molecular weight excluding hydrogens is 312 g/mol. The predicted octanol–water partition coefficient (Wildman–Crippen LogP) is 2.63. The third-order valence-corrected chi connectivity index (χ3v) is 5.43. The van der Waals surface area contributed by atoms with Crippen molar-refractivity contribution in [3.8, 4) is 0 Å². The second-order valence-electron chi connectivity index (χ2n) is 7.14. The van der Waals surface area contributed by atoms with Gasteiger partial charge in [0.25, 0.3) is 5.91 Å². The van der Waals surface area contributed by atoms with Crippen LogP contribution in [0.5, 0.6) is 0 Å². The Morgan fingerprint density at radius 1 is 1.20 bits per heavy atom. The molecule has 25 heavy (non-hydrogen) atoms. The van der Waals surface area contributed by atoms with E-state index in [0.29, 0.717) is 24.6 Å². The molecule has 1 aromatic carbocycles. The molecular formula is C20H30N4O. The van der Waals surface area contributed by atoms with Crippen LogP contribution in [0, 0.1) is 5.92 Å². The number of nitrogens with one attached hydrogen (secondary N) is 1. The molecule has 1 fully saturated rings. The van der Waals surface area contributed by atoms with Gasteiger partial charge in [-0.3, -0.25) is 4.79 Å². The van der Waals surface area contributed by atoms with Crippen molar-refractivity contribution in [1.29, 1.82) is 0 Å². The van der Waals surface area contributed by atoms with Crippen LogP contribution in [0.1, 0.15) is 48.9 Å². The van der Waals surface area contributed by atoms with Gasteiger partial charge in [-0.2, -0.15) is 0 Å². The van der Waals surface area contributed by atoms with Crippen LogP contribution in [-0.4, -0.2) is 29.6 Å². The summed E-state index contributed by atoms with van der Waals surface area (Å²) in [6.07, 6.45) is 9.16. The molecule has 1 atom stereocenters. The van der Waals surface area contributed by atoms with E-state index in [4.69, 9.17) is 11.5 Å². The summed E-state index contributed by atoms with van der Waals surface area (Å²) < 4.78 is 2.19. The van der Waals surface area contributed by atoms with E-state index in [1.165, 1.54) is 32.1 Å². The first kappa shape index (κ1) is 18.0. The fraction of sp³-hybridized carbons (Fsp3) is 0.550. The molecule has 0 bridgehead atoms. The van der Waals surface area contributed by atoms with Crippen molar-refractivity contribution in [3.63, 3.8) is 0 Å². The number of carbonyl (C=O) groups excluding carboxylic acids is 1. The van der Waals surface area contributed by atoms with Gasteiger partial charge in [0.1, 0.15) is 0 Å². The van der Waals surface area contributed by atoms with Crippen molar-refractivity contribution in [2.75, 3.05) is 13.1 Å². The fourth-order valence-electron chi connectivity index (χ4n) is 3.96. The Labute approximate surface area is 149 Å². The molecule has 1 aliphatic carbocycles. The highest BCUT2D eigenvalue weighted by Gasteiger charge is 2.24. The molecule has 0 saturated heterocycles. The predicted molar refractivity (Wildman–Crippen MR) is 102 cm³/mol. The molecule has 3 rings (SSSR count). The second-order valence-corrected chi connectivity index (χ2v) is 7.14. The van der Waals surface area contributed by atoms with Gasteiger partial charge in [-0.05, 0) is 56.0 Å². The number of aryl methyl sites for hydroxylation is 1. The lowest BCUT2D eigenvalue weighted by Crippen LogP contribution is -2.45. The Balaban J connectivity index is 1.70. The number of amides is 1. The number of nitrogens with zero attached hydrogens (tertiary/aromatic N) is 1. The van der Waals surface area contributed by atoms with Crippen molar-refractivity contribution in [2.24, 2.45) is 17.4 Å². The molecule has 5 nitrogen and oxygen atoms in total. The molecule has 0 radical (unpaired) electrons. The van der Waals surface area contributed by atoms with Crippen molar-refractivity contribution in [2.45, 2.75) is 51.1 Å². The molecule has 1 aliphatic rings. The first-order chi connectivity index (χ1) is 12.2. The van der Waals surface area contributed by atoms with Gasteiger partial charge in [0, 0.05) is 41.8 Å². The Morgan fingerprint density at radius 3 is 2.72 bits per heavy atom. The van der Waals surface area contributed by atoms with E-state index in [2.05, 4.69) is 22.1 Å². The lowest BCUT2D eigenvalue weighted by Gasteiger charge is -2.30. The maximum Gasteiger partial charge on any atom is 0.251 e. The Morgan fingerprint density at radius 2 is 2.00 bits per heavy atom. The highest BCUT2D eigenvalue weighted by Crippen LogP contribution is 2.26. The second kappa shape index (κ2) is 8.50. The number of fused-ring (bicyclic) bond motifs is 1. The van der Waals surface area contributed by atoms with Gasteiger partial charge >= 0.3 is 0 Å². The topological polar surface area (TPSA) is 86.1 Å². The smallest absolute Gasteiger partial charge is 0.251 e. The zero-order valence-electron chi connectivity index (χ0n) is 14.9. The van der Waals surface area contributed by atoms with Crippen molar-refractivity contribution < 1.29 is 4.79 Å². The van der Waals surface area contributed by atoms with E-state index in [1.807, 2.05) is 18.2 Å². The summed E-state index contributed by atoms with van der Waals surface area (Å²) >= 11 is 0. The van der Waals surface area contributed by atoms with E-state index >= 15 is 0 Å². The lowest BCUT2D eigenvalue weighted by atomic mass is 9.84. The van der Waals surface area contributed by atoms with Gasteiger partial charge in [-0.1, -0.05) is 19.3 Å². The number of aromatic nitrogens is 1. The van der Waals surface area contributed by atoms with Crippen LogP contribution in [0.4, 0.5) is 0 Å². The standard InChI is InChI=1S/C20H30N4O/c21-10-4-11-24-12-9-16-13-17(7-8-19(16)24)20(25)23-18(14-22)15-5-2-1-3-6-15/h7-9,12-13,15,18H,1-6,10-11,14,21-22H2,(H,23,25). The number of hydrogen-bond donors (Lipinski definition) is 3. The van der Waals surface area contributed by atoms with Crippen LogP contribution in [0.25, 0.3) is 10.9 Å². The molecule has 5 N–H and O–H groups in total. The molecule has 136 valence electrons. The van der Waals surface area contributed by atoms with E-state index in [1.54, 1.807) is 0 Å². The summed E-state index contributed by atoms with van der Waals surface area (Å²) in [5.41, 5.74) is 13.4. The molecule has 1 aromatic heterocycles. The molecule has 5 heteroatoms. The number of benzene rings is 1. The summed E-state index contributed by atoms with van der Waals surface area (Å²) in [6.45, 7) is 2.10. The third-order valence-electron chi connectivity index (χ3n) is 5.43. The van der Waals surface area contributed by atoms with Crippen LogP contribution < -0.4 is 16.8 Å². The molecule has 0 aliphatic heterocycles. The molecule has 0 spiro atoms. The number of carbonyl (C=O) groups is 1. The lowest BCUT2D eigenvalue weighted by molar-refractivity contribution is 0.0915. The van der Waals surface area contributed by atoms with Gasteiger partial charge < -0.3 is 21.4 Å². The summed E-state index contributed by atoms with van der Waals surface area (Å²) in [5, 5.41) is 4.26. The zero-order chi connectivity index (χ0) is 17.6. The molecule has 2 aromatic rings. The maximum absolute atomic E-state index is 12.7. The average molecular weight is 342 g/mol. The average Bonchev–Trinajstić information content (AvgIpc) is 3.07. The summed E-state index contributed by atoms with van der Waals surface area (Å²) in [4.78, 5) is 12.7. The van der Waals surface area contributed by atoms with E-state index in [-0.39, 0.29) is 11.9 Å². The van der Waals surface area contributed by atoms with Gasteiger partial charge in [0.2, 0.25) is 0 Å². The fourth-order valence-corrected chi connectivity index (χ4v) is 3.96. The SMILES string of the molecule is NCCCn1ccc2cc(C(=O)NC(CN)C3CCCCC3)ccc21. The Hall–Kier alpha value is -1.85. The number of nitrogens with two attached hydrogens (primary N) is 2. The number of rotatable bonds is 7. The van der Waals surface area contributed by atoms with Crippen molar-refractivity contribution in [3.05, 3.63) is 36.0 Å². The summed E-state index contributed by atoms with van der Waals surface area (Å²) in [6, 6.07) is 8.05. The first-order valence-electron chi connectivity index (χ1n) is 9.53. The quantitative estimate of drug-likeness (QED) is 0.723. The first-order valence-corrected chi connectivity index (χ1v) is 9.53. The maximum atomic E-state index is 12.7. The molecule has 1 amide bonds. The highest BCUT2D eigenvalue weighted by atomic mass is 16.1. The van der Waals surface area contributed by atoms with Crippen LogP contribution >= 0.6 is 0 Å². The number of hydrogen-bond acceptors (Lipinski definition) is 3. The normalized spacial score (nSPS) is 16.9. The molecule has 1 unspecified atom stereocenters. The summed E-state index contributed by atoms with van der Waals surface area (Å²) in [7, 11) is 0. The van der Waals surface area contributed by atoms with E-state index in [9.17, 15) is 4.79 Å². The van der Waals surface area contributed by atoms with Crippen LogP contribution in [0.2, 0.25) is 0 Å². The van der Waals surface area contributed by atoms with Gasteiger partial charge in [0.15, 0.2) is 0 Å². The molecule has 1 saturated carbocycles. The van der Waals surface area contributed by atoms with Crippen LogP contribution in [0.3, 0.4) is 0 Å². The minimum Gasteiger partial charge on any atom is -0.348 e. The van der Waals surface area contributed by atoms with E-state index in [0.717, 1.165) is 23.9 Å². The Bertz CT molecular complexity index is 703. The third kappa shape index (κ3) is 4.22. The van der Waals surface area contributed by atoms with Gasteiger partial charge in [0.05, 0.1) is 0 Å². The van der Waals surface area contributed by atoms with Gasteiger partial charge in [-0.25, -0.2) is 0 Å². The van der Waals surface area contributed by atoms with Crippen LogP contribution in [-0.2, 0) is 6.54 Å². The van der Waals surface area contributed by atoms with E-state index < -0.39 is 0 Å². The minimum atomic E-state index is -0.0161. The highest BCUT2D eigenvalue weighted by molar-refractivity contribution is 5.98. The monoisotopic (exact) mass is 342 g/mol.